The van der Waals surface area contributed by atoms with E-state index in [-0.39, 0.29) is 0 Å². The van der Waals surface area contributed by atoms with Gasteiger partial charge in [0.15, 0.2) is 5.65 Å². The van der Waals surface area contributed by atoms with Crippen molar-refractivity contribution in [3.8, 4) is 11.1 Å². The largest absolute Gasteiger partial charge is 0.468 e. The summed E-state index contributed by atoms with van der Waals surface area (Å²) in [6.45, 7) is 1.78. The number of carbonyl (C=O) groups is 1. The highest BCUT2D eigenvalue weighted by molar-refractivity contribution is 5.84. The van der Waals surface area contributed by atoms with Crippen molar-refractivity contribution in [1.29, 1.82) is 0 Å². The fourth-order valence-corrected chi connectivity index (χ4v) is 3.85. The summed E-state index contributed by atoms with van der Waals surface area (Å²) >= 11 is 0. The number of carbonyl (C=O) groups excluding carboxylic acids is 1. The third-order valence-corrected chi connectivity index (χ3v) is 5.53. The molecule has 0 bridgehead atoms. The minimum Gasteiger partial charge on any atom is -0.468 e. The number of fused-ring (bicyclic) bond motifs is 1. The van der Waals surface area contributed by atoms with E-state index in [2.05, 4.69) is 10.1 Å². The molecule has 2 heterocycles. The maximum absolute atomic E-state index is 12.9. The predicted molar refractivity (Wildman–Crippen MR) is 113 cm³/mol. The van der Waals surface area contributed by atoms with Gasteiger partial charge >= 0.3 is 12.1 Å². The highest BCUT2D eigenvalue weighted by Crippen LogP contribution is 2.34. The molecule has 0 radical (unpaired) electrons. The number of nitrogens with zero attached hydrogens (tertiary/aromatic N) is 3. The number of methoxy groups -OCH3 is 1. The second-order valence-electron chi connectivity index (χ2n) is 7.68. The van der Waals surface area contributed by atoms with Crippen LogP contribution >= 0.6 is 0 Å². The normalized spacial score (nSPS) is 13.7. The second kappa shape index (κ2) is 8.11. The molecule has 0 aliphatic carbocycles. The second-order valence-corrected chi connectivity index (χ2v) is 7.68. The third-order valence-electron chi connectivity index (χ3n) is 5.53. The first-order valence-electron chi connectivity index (χ1n) is 9.87. The van der Waals surface area contributed by atoms with Crippen LogP contribution in [0.2, 0.25) is 0 Å². The molecular weight excluding hydrogens is 419 g/mol. The van der Waals surface area contributed by atoms with E-state index in [1.54, 1.807) is 23.7 Å². The molecule has 0 saturated heterocycles. The lowest BCUT2D eigenvalue weighted by atomic mass is 9.80. The summed E-state index contributed by atoms with van der Waals surface area (Å²) in [7, 11) is 1.33. The van der Waals surface area contributed by atoms with Crippen molar-refractivity contribution in [2.75, 3.05) is 7.11 Å². The van der Waals surface area contributed by atoms with Crippen molar-refractivity contribution in [2.24, 2.45) is 0 Å². The van der Waals surface area contributed by atoms with Gasteiger partial charge in [-0.25, -0.2) is 9.50 Å². The quantitative estimate of drug-likeness (QED) is 0.407. The summed E-state index contributed by atoms with van der Waals surface area (Å²) in [6, 6.07) is 16.1. The number of halogens is 3. The van der Waals surface area contributed by atoms with Crippen LogP contribution in [0.15, 0.2) is 73.1 Å². The van der Waals surface area contributed by atoms with E-state index in [0.29, 0.717) is 28.9 Å². The first kappa shape index (κ1) is 21.5. The van der Waals surface area contributed by atoms with Crippen LogP contribution in [-0.4, -0.2) is 27.7 Å². The molecule has 0 aliphatic rings. The number of benzene rings is 2. The molecule has 0 saturated carbocycles. The molecule has 5 nitrogen and oxygen atoms in total. The zero-order chi connectivity index (χ0) is 22.9. The minimum absolute atomic E-state index is 0.370. The van der Waals surface area contributed by atoms with E-state index >= 15 is 0 Å². The molecule has 164 valence electrons. The lowest BCUT2D eigenvalue weighted by molar-refractivity contribution is -0.147. The van der Waals surface area contributed by atoms with E-state index in [9.17, 15) is 18.0 Å². The smallest absolute Gasteiger partial charge is 0.416 e. The van der Waals surface area contributed by atoms with Crippen LogP contribution in [0.5, 0.6) is 0 Å². The molecule has 0 amide bonds. The molecule has 32 heavy (non-hydrogen) atoms. The zero-order valence-electron chi connectivity index (χ0n) is 17.4. The Morgan fingerprint density at radius 3 is 2.34 bits per heavy atom. The lowest BCUT2D eigenvalue weighted by Gasteiger charge is -2.27. The summed E-state index contributed by atoms with van der Waals surface area (Å²) < 4.78 is 45.4. The van der Waals surface area contributed by atoms with Gasteiger partial charge in [0.1, 0.15) is 5.41 Å². The van der Waals surface area contributed by atoms with Crippen LogP contribution in [0.3, 0.4) is 0 Å². The van der Waals surface area contributed by atoms with Crippen LogP contribution in [0.25, 0.3) is 16.8 Å². The van der Waals surface area contributed by atoms with Gasteiger partial charge in [-0.3, -0.25) is 4.79 Å². The molecule has 4 aromatic rings. The monoisotopic (exact) mass is 439 g/mol. The van der Waals surface area contributed by atoms with Crippen molar-refractivity contribution < 1.29 is 22.7 Å². The van der Waals surface area contributed by atoms with Gasteiger partial charge in [0, 0.05) is 11.8 Å². The minimum atomic E-state index is -4.41. The van der Waals surface area contributed by atoms with Crippen molar-refractivity contribution >= 4 is 11.6 Å². The van der Waals surface area contributed by atoms with Crippen molar-refractivity contribution in [2.45, 2.75) is 24.9 Å². The van der Waals surface area contributed by atoms with Gasteiger partial charge in [-0.1, -0.05) is 42.5 Å². The molecule has 2 aromatic carbocycles. The van der Waals surface area contributed by atoms with Crippen LogP contribution in [0.1, 0.15) is 23.7 Å². The Labute approximate surface area is 182 Å². The number of esters is 1. The number of hydrogen-bond acceptors (Lipinski definition) is 4. The topological polar surface area (TPSA) is 56.5 Å². The van der Waals surface area contributed by atoms with Gasteiger partial charge in [-0.15, -0.1) is 0 Å². The number of alkyl halides is 3. The molecule has 0 N–H and O–H groups in total. The van der Waals surface area contributed by atoms with Gasteiger partial charge in [-0.2, -0.15) is 18.3 Å². The molecule has 1 unspecified atom stereocenters. The Morgan fingerprint density at radius 2 is 1.72 bits per heavy atom. The zero-order valence-corrected chi connectivity index (χ0v) is 17.4. The van der Waals surface area contributed by atoms with Crippen LogP contribution < -0.4 is 0 Å². The fraction of sp³-hybridized carbons (Fsp3) is 0.208. The highest BCUT2D eigenvalue weighted by atomic mass is 19.4. The third kappa shape index (κ3) is 3.84. The molecule has 1 atom stereocenters. The summed E-state index contributed by atoms with van der Waals surface area (Å²) in [5.74, 6) is -0.430. The van der Waals surface area contributed by atoms with Crippen molar-refractivity contribution in [3.63, 3.8) is 0 Å². The average Bonchev–Trinajstić information content (AvgIpc) is 3.23. The number of rotatable bonds is 5. The molecule has 0 aliphatic heterocycles. The van der Waals surface area contributed by atoms with E-state index in [0.717, 1.165) is 17.7 Å². The van der Waals surface area contributed by atoms with Gasteiger partial charge in [-0.05, 0) is 42.7 Å². The molecule has 0 fully saturated rings. The number of hydrogen-bond donors (Lipinski definition) is 0. The first-order chi connectivity index (χ1) is 15.2. The van der Waals surface area contributed by atoms with E-state index in [4.69, 9.17) is 4.74 Å². The Morgan fingerprint density at radius 1 is 1.03 bits per heavy atom. The Bertz CT molecular complexity index is 1250. The Hall–Kier alpha value is -3.68. The van der Waals surface area contributed by atoms with Gasteiger partial charge in [0.05, 0.1) is 24.6 Å². The summed E-state index contributed by atoms with van der Waals surface area (Å²) in [6.07, 6.45) is -0.944. The Kier molecular flexibility index (Phi) is 5.46. The van der Waals surface area contributed by atoms with E-state index < -0.39 is 23.1 Å². The maximum Gasteiger partial charge on any atom is 0.416 e. The maximum atomic E-state index is 12.9. The summed E-state index contributed by atoms with van der Waals surface area (Å²) in [5.41, 5.74) is 1.25. The van der Waals surface area contributed by atoms with Gasteiger partial charge in [0.2, 0.25) is 0 Å². The summed E-state index contributed by atoms with van der Waals surface area (Å²) in [5, 5.41) is 4.41. The molecule has 8 heteroatoms. The predicted octanol–water partition coefficient (Wildman–Crippen LogP) is 5.09. The van der Waals surface area contributed by atoms with Crippen LogP contribution in [-0.2, 0) is 27.5 Å². The number of ether oxygens (including phenoxy) is 1. The highest BCUT2D eigenvalue weighted by Gasteiger charge is 2.39. The van der Waals surface area contributed by atoms with Crippen LogP contribution in [0, 0.1) is 0 Å². The summed E-state index contributed by atoms with van der Waals surface area (Å²) in [4.78, 5) is 17.3. The SMILES string of the molecule is COC(=O)C(C)(Cc1ccccc1)c1ccnc2c(-c3ccc(C(F)(F)F)cc3)cnn12. The Balaban J connectivity index is 1.81. The molecule has 4 rings (SSSR count). The van der Waals surface area contributed by atoms with Gasteiger partial charge in [0.25, 0.3) is 0 Å². The standard InChI is InChI=1S/C24H20F3N3O2/c1-23(22(31)32-2,14-16-6-4-3-5-7-16)20-12-13-28-21-19(15-29-30(20)21)17-8-10-18(11-9-17)24(25,26)27/h3-13,15H,14H2,1-2H3. The van der Waals surface area contributed by atoms with Crippen molar-refractivity contribution in [3.05, 3.63) is 89.9 Å². The average molecular weight is 439 g/mol. The first-order valence-corrected chi connectivity index (χ1v) is 9.87. The fourth-order valence-electron chi connectivity index (χ4n) is 3.85. The number of aromatic nitrogens is 3. The van der Waals surface area contributed by atoms with E-state index in [1.165, 1.54) is 25.4 Å². The lowest BCUT2D eigenvalue weighted by Crippen LogP contribution is -2.38. The van der Waals surface area contributed by atoms with Crippen molar-refractivity contribution in [1.82, 2.24) is 14.6 Å². The molecule has 0 spiro atoms. The molecule has 2 aromatic heterocycles. The van der Waals surface area contributed by atoms with Gasteiger partial charge < -0.3 is 4.74 Å². The van der Waals surface area contributed by atoms with Crippen LogP contribution in [0.4, 0.5) is 13.2 Å². The molecular formula is C24H20F3N3O2. The van der Waals surface area contributed by atoms with E-state index in [1.807, 2.05) is 30.3 Å².